The van der Waals surface area contributed by atoms with Crippen molar-refractivity contribution < 1.29 is 13.5 Å². The smallest absolute Gasteiger partial charge is 0.165 e. The molecule has 19 heavy (non-hydrogen) atoms. The van der Waals surface area contributed by atoms with Crippen molar-refractivity contribution in [3.05, 3.63) is 64.2 Å². The topological polar surface area (TPSA) is 9.23 Å². The molecule has 0 bridgehead atoms. The Balaban J connectivity index is 2.35. The van der Waals surface area contributed by atoms with E-state index in [1.165, 1.54) is 31.4 Å². The maximum Gasteiger partial charge on any atom is 0.165 e. The molecule has 0 aromatic heterocycles. The summed E-state index contributed by atoms with van der Waals surface area (Å²) >= 11 is 9.05. The van der Waals surface area contributed by atoms with Gasteiger partial charge < -0.3 is 4.74 Å². The van der Waals surface area contributed by atoms with Crippen LogP contribution >= 0.6 is 27.5 Å². The van der Waals surface area contributed by atoms with Crippen LogP contribution in [-0.4, -0.2) is 7.11 Å². The standard InChI is InChI=1S/C14H10BrClF2O/c1-19-13-5-3-9(7-12(13)18)14(15)8-2-4-10(16)11(17)6-8/h2-7,14H,1H3. The van der Waals surface area contributed by atoms with E-state index < -0.39 is 11.6 Å². The van der Waals surface area contributed by atoms with E-state index in [2.05, 4.69) is 15.9 Å². The minimum atomic E-state index is -0.502. The van der Waals surface area contributed by atoms with Gasteiger partial charge in [0.25, 0.3) is 0 Å². The van der Waals surface area contributed by atoms with E-state index in [1.807, 2.05) is 0 Å². The first-order valence-corrected chi connectivity index (χ1v) is 6.74. The molecule has 5 heteroatoms. The minimum absolute atomic E-state index is 0.0596. The van der Waals surface area contributed by atoms with Crippen molar-refractivity contribution in [1.82, 2.24) is 0 Å². The lowest BCUT2D eigenvalue weighted by atomic mass is 10.0. The normalized spacial score (nSPS) is 12.3. The van der Waals surface area contributed by atoms with Gasteiger partial charge >= 0.3 is 0 Å². The van der Waals surface area contributed by atoms with Crippen molar-refractivity contribution in [2.75, 3.05) is 7.11 Å². The predicted molar refractivity (Wildman–Crippen MR) is 75.1 cm³/mol. The van der Waals surface area contributed by atoms with Crippen LogP contribution in [0.2, 0.25) is 5.02 Å². The number of rotatable bonds is 3. The molecule has 0 fully saturated rings. The molecule has 0 radical (unpaired) electrons. The lowest BCUT2D eigenvalue weighted by Crippen LogP contribution is -1.96. The zero-order valence-electron chi connectivity index (χ0n) is 9.96. The Morgan fingerprint density at radius 2 is 1.63 bits per heavy atom. The molecule has 2 rings (SSSR count). The largest absolute Gasteiger partial charge is 0.494 e. The molecular weight excluding hydrogens is 338 g/mol. The van der Waals surface area contributed by atoms with Crippen LogP contribution in [0.1, 0.15) is 16.0 Å². The van der Waals surface area contributed by atoms with Crippen LogP contribution in [0.25, 0.3) is 0 Å². The van der Waals surface area contributed by atoms with Gasteiger partial charge in [-0.05, 0) is 35.4 Å². The molecule has 0 aliphatic rings. The summed E-state index contributed by atoms with van der Waals surface area (Å²) in [7, 11) is 1.40. The van der Waals surface area contributed by atoms with Gasteiger partial charge in [0, 0.05) is 0 Å². The number of ether oxygens (including phenoxy) is 1. The molecule has 0 saturated carbocycles. The first kappa shape index (κ1) is 14.3. The molecule has 1 atom stereocenters. The van der Waals surface area contributed by atoms with Crippen LogP contribution in [0.15, 0.2) is 36.4 Å². The summed E-state index contributed by atoms with van der Waals surface area (Å²) in [5.41, 5.74) is 1.33. The van der Waals surface area contributed by atoms with Crippen LogP contribution in [0.5, 0.6) is 5.75 Å². The van der Waals surface area contributed by atoms with Crippen LogP contribution in [0.3, 0.4) is 0 Å². The van der Waals surface area contributed by atoms with Gasteiger partial charge in [-0.3, -0.25) is 0 Å². The van der Waals surface area contributed by atoms with Crippen molar-refractivity contribution in [2.24, 2.45) is 0 Å². The van der Waals surface area contributed by atoms with Crippen molar-refractivity contribution >= 4 is 27.5 Å². The fraction of sp³-hybridized carbons (Fsp3) is 0.143. The number of hydrogen-bond acceptors (Lipinski definition) is 1. The molecule has 0 heterocycles. The zero-order chi connectivity index (χ0) is 14.0. The second-order valence-corrected chi connectivity index (χ2v) is 5.25. The number of halogens is 4. The van der Waals surface area contributed by atoms with Gasteiger partial charge in [-0.25, -0.2) is 8.78 Å². The summed E-state index contributed by atoms with van der Waals surface area (Å²) in [6.07, 6.45) is 0. The van der Waals surface area contributed by atoms with E-state index in [0.29, 0.717) is 11.1 Å². The third-order valence-electron chi connectivity index (χ3n) is 2.70. The Labute approximate surface area is 123 Å². The molecular formula is C14H10BrClF2O. The van der Waals surface area contributed by atoms with Crippen LogP contribution in [0, 0.1) is 11.6 Å². The average molecular weight is 348 g/mol. The van der Waals surface area contributed by atoms with Gasteiger partial charge in [-0.2, -0.15) is 0 Å². The monoisotopic (exact) mass is 346 g/mol. The second-order valence-electron chi connectivity index (χ2n) is 3.93. The molecule has 1 nitrogen and oxygen atoms in total. The number of benzene rings is 2. The highest BCUT2D eigenvalue weighted by Gasteiger charge is 2.14. The lowest BCUT2D eigenvalue weighted by Gasteiger charge is -2.12. The number of alkyl halides is 1. The summed E-state index contributed by atoms with van der Waals surface area (Å²) in [6, 6.07) is 9.08. The molecule has 100 valence electrons. The number of methoxy groups -OCH3 is 1. The highest BCUT2D eigenvalue weighted by molar-refractivity contribution is 9.09. The minimum Gasteiger partial charge on any atom is -0.494 e. The molecule has 2 aromatic rings. The third-order valence-corrected chi connectivity index (χ3v) is 4.07. The molecule has 0 aliphatic carbocycles. The molecule has 0 spiro atoms. The summed E-state index contributed by atoms with van der Waals surface area (Å²) in [5.74, 6) is -0.790. The van der Waals surface area contributed by atoms with E-state index in [0.717, 1.165) is 0 Å². The van der Waals surface area contributed by atoms with Crippen molar-refractivity contribution in [3.63, 3.8) is 0 Å². The first-order chi connectivity index (χ1) is 9.02. The molecule has 0 saturated heterocycles. The van der Waals surface area contributed by atoms with Gasteiger partial charge in [0.1, 0.15) is 5.82 Å². The predicted octanol–water partition coefficient (Wildman–Crippen LogP) is 5.11. The maximum absolute atomic E-state index is 13.6. The van der Waals surface area contributed by atoms with Crippen LogP contribution < -0.4 is 4.74 Å². The zero-order valence-corrected chi connectivity index (χ0v) is 12.3. The van der Waals surface area contributed by atoms with Gasteiger partial charge in [-0.15, -0.1) is 0 Å². The van der Waals surface area contributed by atoms with Crippen molar-refractivity contribution in [3.8, 4) is 5.75 Å². The summed E-state index contributed by atoms with van der Waals surface area (Å²) in [4.78, 5) is -0.320. The quantitative estimate of drug-likeness (QED) is 0.701. The highest BCUT2D eigenvalue weighted by atomic mass is 79.9. The summed E-state index contributed by atoms with van der Waals surface area (Å²) < 4.78 is 31.9. The Morgan fingerprint density at radius 3 is 2.16 bits per heavy atom. The average Bonchev–Trinajstić information content (AvgIpc) is 2.41. The van der Waals surface area contributed by atoms with Crippen LogP contribution in [-0.2, 0) is 0 Å². The molecule has 1 unspecified atom stereocenters. The van der Waals surface area contributed by atoms with Crippen molar-refractivity contribution in [2.45, 2.75) is 4.83 Å². The highest BCUT2D eigenvalue weighted by Crippen LogP contribution is 2.34. The van der Waals surface area contributed by atoms with Crippen LogP contribution in [0.4, 0.5) is 8.78 Å². The van der Waals surface area contributed by atoms with E-state index >= 15 is 0 Å². The summed E-state index contributed by atoms with van der Waals surface area (Å²) in [6.45, 7) is 0. The molecule has 0 amide bonds. The summed E-state index contributed by atoms with van der Waals surface area (Å²) in [5, 5.41) is 0.0596. The second kappa shape index (κ2) is 5.88. The first-order valence-electron chi connectivity index (χ1n) is 5.45. The third kappa shape index (κ3) is 3.07. The van der Waals surface area contributed by atoms with E-state index in [9.17, 15) is 8.78 Å². The Kier molecular flexibility index (Phi) is 4.42. The van der Waals surface area contributed by atoms with Gasteiger partial charge in [0.15, 0.2) is 11.6 Å². The lowest BCUT2D eigenvalue weighted by molar-refractivity contribution is 0.386. The van der Waals surface area contributed by atoms with E-state index in [-0.39, 0.29) is 15.6 Å². The Hall–Kier alpha value is -1.13. The van der Waals surface area contributed by atoms with E-state index in [1.54, 1.807) is 12.1 Å². The molecule has 2 aromatic carbocycles. The Bertz CT molecular complexity index is 604. The fourth-order valence-corrected chi connectivity index (χ4v) is 2.39. The molecule has 0 aliphatic heterocycles. The van der Waals surface area contributed by atoms with E-state index in [4.69, 9.17) is 16.3 Å². The maximum atomic E-state index is 13.6. The number of hydrogen-bond donors (Lipinski definition) is 0. The van der Waals surface area contributed by atoms with Gasteiger partial charge in [0.2, 0.25) is 0 Å². The SMILES string of the molecule is COc1ccc(C(Br)c2ccc(Cl)c(F)c2)cc1F. The Morgan fingerprint density at radius 1 is 1.05 bits per heavy atom. The van der Waals surface area contributed by atoms with Gasteiger partial charge in [0.05, 0.1) is 17.0 Å². The fourth-order valence-electron chi connectivity index (χ4n) is 1.70. The van der Waals surface area contributed by atoms with Gasteiger partial charge in [-0.1, -0.05) is 39.7 Å². The molecule has 0 N–H and O–H groups in total. The van der Waals surface area contributed by atoms with Crippen molar-refractivity contribution in [1.29, 1.82) is 0 Å².